The van der Waals surface area contributed by atoms with Crippen LogP contribution in [0.15, 0.2) is 42.5 Å². The molecule has 0 spiro atoms. The van der Waals surface area contributed by atoms with E-state index in [1.165, 1.54) is 0 Å². The molecule has 4 rings (SSSR count). The Hall–Kier alpha value is -2.88. The van der Waals surface area contributed by atoms with Crippen LogP contribution in [0.5, 0.6) is 0 Å². The first-order valence-corrected chi connectivity index (χ1v) is 9.59. The molecule has 28 heavy (non-hydrogen) atoms. The number of hydrogen-bond acceptors (Lipinski definition) is 4. The Balaban J connectivity index is 1.49. The fourth-order valence-electron chi connectivity index (χ4n) is 3.84. The minimum atomic E-state index is -0.105. The summed E-state index contributed by atoms with van der Waals surface area (Å²) in [4.78, 5) is 19.6. The normalized spacial score (nSPS) is 17.0. The number of carbonyl (C=O) groups is 1. The highest BCUT2D eigenvalue weighted by atomic mass is 35.5. The monoisotopic (exact) mass is 393 g/mol. The fourth-order valence-corrected chi connectivity index (χ4v) is 4.06. The van der Waals surface area contributed by atoms with E-state index in [-0.39, 0.29) is 18.5 Å². The minimum absolute atomic E-state index is 0.105. The SMILES string of the molecule is Cn1c(C2CCCN2CC(=O)Nc2ccc(C#N)c(Cl)c2)nc2ccccc21. The van der Waals surface area contributed by atoms with Gasteiger partial charge in [-0.2, -0.15) is 5.26 Å². The highest BCUT2D eigenvalue weighted by Gasteiger charge is 2.31. The average molecular weight is 394 g/mol. The van der Waals surface area contributed by atoms with Crippen molar-refractivity contribution in [3.8, 4) is 6.07 Å². The zero-order chi connectivity index (χ0) is 19.7. The van der Waals surface area contributed by atoms with Crippen molar-refractivity contribution < 1.29 is 4.79 Å². The lowest BCUT2D eigenvalue weighted by Gasteiger charge is -2.23. The predicted molar refractivity (Wildman–Crippen MR) is 109 cm³/mol. The van der Waals surface area contributed by atoms with Crippen LogP contribution in [-0.4, -0.2) is 33.4 Å². The van der Waals surface area contributed by atoms with E-state index in [1.807, 2.05) is 31.3 Å². The van der Waals surface area contributed by atoms with Crippen molar-refractivity contribution in [2.75, 3.05) is 18.4 Å². The van der Waals surface area contributed by atoms with Crippen LogP contribution in [0, 0.1) is 11.3 Å². The van der Waals surface area contributed by atoms with Crippen molar-refractivity contribution in [3.63, 3.8) is 0 Å². The van der Waals surface area contributed by atoms with Gasteiger partial charge in [-0.15, -0.1) is 0 Å². The van der Waals surface area contributed by atoms with E-state index >= 15 is 0 Å². The van der Waals surface area contributed by atoms with Gasteiger partial charge < -0.3 is 9.88 Å². The molecule has 1 aromatic heterocycles. The number of nitrogens with zero attached hydrogens (tertiary/aromatic N) is 4. The second-order valence-corrected chi connectivity index (χ2v) is 7.41. The van der Waals surface area contributed by atoms with Crippen molar-refractivity contribution in [1.29, 1.82) is 5.26 Å². The number of anilines is 1. The maximum absolute atomic E-state index is 12.6. The maximum atomic E-state index is 12.6. The molecule has 1 saturated heterocycles. The van der Waals surface area contributed by atoms with Crippen LogP contribution in [0.25, 0.3) is 11.0 Å². The molecule has 0 bridgehead atoms. The van der Waals surface area contributed by atoms with Gasteiger partial charge in [0.2, 0.25) is 5.91 Å². The lowest BCUT2D eigenvalue weighted by molar-refractivity contribution is -0.117. The topological polar surface area (TPSA) is 74.0 Å². The highest BCUT2D eigenvalue weighted by Crippen LogP contribution is 2.32. The largest absolute Gasteiger partial charge is 0.330 e. The zero-order valence-corrected chi connectivity index (χ0v) is 16.3. The number of aromatic nitrogens is 2. The van der Waals surface area contributed by atoms with Gasteiger partial charge in [-0.05, 0) is 49.7 Å². The van der Waals surface area contributed by atoms with Crippen molar-refractivity contribution in [1.82, 2.24) is 14.5 Å². The number of carbonyl (C=O) groups excluding carboxylic acids is 1. The molecule has 7 heteroatoms. The first-order chi connectivity index (χ1) is 13.6. The number of rotatable bonds is 4. The van der Waals surface area contributed by atoms with Gasteiger partial charge in [-0.3, -0.25) is 9.69 Å². The lowest BCUT2D eigenvalue weighted by Crippen LogP contribution is -2.33. The van der Waals surface area contributed by atoms with E-state index in [0.29, 0.717) is 16.3 Å². The number of hydrogen-bond donors (Lipinski definition) is 1. The molecule has 0 saturated carbocycles. The first kappa shape index (κ1) is 18.5. The molecule has 1 atom stereocenters. The minimum Gasteiger partial charge on any atom is -0.330 e. The Morgan fingerprint density at radius 2 is 2.18 bits per heavy atom. The van der Waals surface area contributed by atoms with E-state index < -0.39 is 0 Å². The Bertz CT molecular complexity index is 1080. The molecule has 0 aliphatic carbocycles. The van der Waals surface area contributed by atoms with Gasteiger partial charge in [0, 0.05) is 12.7 Å². The summed E-state index contributed by atoms with van der Waals surface area (Å²) in [6.07, 6.45) is 2.01. The number of imidazole rings is 1. The second kappa shape index (κ2) is 7.63. The number of nitrogens with one attached hydrogen (secondary N) is 1. The molecule has 3 aromatic rings. The highest BCUT2D eigenvalue weighted by molar-refractivity contribution is 6.32. The van der Waals surface area contributed by atoms with Crippen molar-refractivity contribution in [2.45, 2.75) is 18.9 Å². The summed E-state index contributed by atoms with van der Waals surface area (Å²) in [5.74, 6) is 0.888. The quantitative estimate of drug-likeness (QED) is 0.730. The number of aryl methyl sites for hydroxylation is 1. The van der Waals surface area contributed by atoms with Crippen molar-refractivity contribution in [3.05, 3.63) is 58.9 Å². The van der Waals surface area contributed by atoms with Crippen LogP contribution in [0.1, 0.15) is 30.3 Å². The van der Waals surface area contributed by atoms with Crippen LogP contribution in [0.3, 0.4) is 0 Å². The molecule has 1 fully saturated rings. The van der Waals surface area contributed by atoms with Gasteiger partial charge >= 0.3 is 0 Å². The van der Waals surface area contributed by atoms with E-state index in [9.17, 15) is 4.79 Å². The number of fused-ring (bicyclic) bond motifs is 1. The standard InChI is InChI=1S/C21H20ClN5O/c1-26-18-6-3-2-5-17(18)25-21(26)19-7-4-10-27(19)13-20(28)24-15-9-8-14(12-23)16(22)11-15/h2-3,5-6,8-9,11,19H,4,7,10,13H2,1H3,(H,24,28). The number of benzene rings is 2. The van der Waals surface area contributed by atoms with Gasteiger partial charge in [-0.1, -0.05) is 23.7 Å². The summed E-state index contributed by atoms with van der Waals surface area (Å²) < 4.78 is 2.12. The summed E-state index contributed by atoms with van der Waals surface area (Å²) in [6, 6.07) is 15.1. The van der Waals surface area contributed by atoms with Crippen molar-refractivity contribution >= 4 is 34.2 Å². The van der Waals surface area contributed by atoms with Crippen LogP contribution in [-0.2, 0) is 11.8 Å². The van der Waals surface area contributed by atoms with Gasteiger partial charge in [0.05, 0.1) is 34.2 Å². The number of nitriles is 1. The Kier molecular flexibility index (Phi) is 5.03. The maximum Gasteiger partial charge on any atom is 0.238 e. The second-order valence-electron chi connectivity index (χ2n) is 7.00. The van der Waals surface area contributed by atoms with E-state index in [4.69, 9.17) is 21.8 Å². The molecule has 6 nitrogen and oxygen atoms in total. The number of halogens is 1. The molecule has 2 heterocycles. The van der Waals surface area contributed by atoms with Gasteiger partial charge in [0.25, 0.3) is 0 Å². The van der Waals surface area contributed by atoms with E-state index in [1.54, 1.807) is 18.2 Å². The Labute approximate surface area is 168 Å². The van der Waals surface area contributed by atoms with Crippen LogP contribution in [0.4, 0.5) is 5.69 Å². The molecule has 0 radical (unpaired) electrons. The summed E-state index contributed by atoms with van der Waals surface area (Å²) in [5.41, 5.74) is 3.05. The third-order valence-corrected chi connectivity index (χ3v) is 5.52. The van der Waals surface area contributed by atoms with E-state index in [2.05, 4.69) is 20.9 Å². The zero-order valence-electron chi connectivity index (χ0n) is 15.5. The summed E-state index contributed by atoms with van der Waals surface area (Å²) in [5, 5.41) is 12.2. The number of amides is 1. The fraction of sp³-hybridized carbons (Fsp3) is 0.286. The molecule has 1 unspecified atom stereocenters. The third kappa shape index (κ3) is 3.47. The molecule has 142 valence electrons. The summed E-state index contributed by atoms with van der Waals surface area (Å²) in [7, 11) is 2.03. The Morgan fingerprint density at radius 3 is 2.93 bits per heavy atom. The van der Waals surface area contributed by atoms with Crippen LogP contribution in [0.2, 0.25) is 5.02 Å². The van der Waals surface area contributed by atoms with Crippen molar-refractivity contribution in [2.24, 2.45) is 7.05 Å². The molecule has 1 N–H and O–H groups in total. The first-order valence-electron chi connectivity index (χ1n) is 9.21. The summed E-state index contributed by atoms with van der Waals surface area (Å²) in [6.45, 7) is 1.14. The molecular formula is C21H20ClN5O. The molecule has 1 aliphatic heterocycles. The van der Waals surface area contributed by atoms with Gasteiger partial charge in [0.1, 0.15) is 11.9 Å². The van der Waals surface area contributed by atoms with Gasteiger partial charge in [0.15, 0.2) is 0 Å². The number of likely N-dealkylation sites (tertiary alicyclic amines) is 1. The lowest BCUT2D eigenvalue weighted by atomic mass is 10.2. The predicted octanol–water partition coefficient (Wildman–Crippen LogP) is 3.87. The van der Waals surface area contributed by atoms with Crippen LogP contribution < -0.4 is 5.32 Å². The molecule has 1 aliphatic rings. The third-order valence-electron chi connectivity index (χ3n) is 5.20. The molecule has 2 aromatic carbocycles. The smallest absolute Gasteiger partial charge is 0.238 e. The molecule has 1 amide bonds. The molecular weight excluding hydrogens is 374 g/mol. The Morgan fingerprint density at radius 1 is 1.36 bits per heavy atom. The van der Waals surface area contributed by atoms with Gasteiger partial charge in [-0.25, -0.2) is 4.98 Å². The van der Waals surface area contributed by atoms with E-state index in [0.717, 1.165) is 36.2 Å². The number of para-hydroxylation sites is 2. The van der Waals surface area contributed by atoms with Crippen LogP contribution >= 0.6 is 11.6 Å². The average Bonchev–Trinajstić information content (AvgIpc) is 3.26. The summed E-state index contributed by atoms with van der Waals surface area (Å²) >= 11 is 6.05.